The second kappa shape index (κ2) is 12.2. The molecule has 0 bridgehead atoms. The molecule has 2 heterocycles. The summed E-state index contributed by atoms with van der Waals surface area (Å²) in [4.78, 5) is 10.5. The molecule has 5 heteroatoms. The average molecular weight is 712 g/mol. The maximum absolute atomic E-state index is 6.63. The zero-order chi connectivity index (χ0) is 35.8. The van der Waals surface area contributed by atoms with Crippen molar-refractivity contribution in [3.8, 4) is 11.1 Å². The number of hydrogen-bond acceptors (Lipinski definition) is 4. The van der Waals surface area contributed by atoms with Crippen molar-refractivity contribution < 1.29 is 4.42 Å². The van der Waals surface area contributed by atoms with Gasteiger partial charge in [0.1, 0.15) is 22.8 Å². The molecule has 1 atom stereocenters. The van der Waals surface area contributed by atoms with Crippen LogP contribution in [0.5, 0.6) is 0 Å². The van der Waals surface area contributed by atoms with E-state index in [9.17, 15) is 0 Å². The SMILES string of the molecule is Clc1cc(-c2ccc3cc(C4N=C(c5ccc6ccccc6c5)NC(c5ccc6c(ccc7ccccc76)c5)=N4)ccc3c2)c2c(c1)oc1ccccc12. The predicted molar refractivity (Wildman–Crippen MR) is 226 cm³/mol. The third-order valence-corrected chi connectivity index (χ3v) is 10.9. The van der Waals surface area contributed by atoms with E-state index in [4.69, 9.17) is 26.0 Å². The van der Waals surface area contributed by atoms with Crippen LogP contribution in [0.2, 0.25) is 5.02 Å². The number of aliphatic imine (C=N–C) groups is 2. The molecule has 54 heavy (non-hydrogen) atoms. The number of hydrogen-bond donors (Lipinski definition) is 1. The number of halogens is 1. The summed E-state index contributed by atoms with van der Waals surface area (Å²) in [5, 5.41) is 15.9. The van der Waals surface area contributed by atoms with Gasteiger partial charge >= 0.3 is 0 Å². The Morgan fingerprint density at radius 3 is 1.89 bits per heavy atom. The largest absolute Gasteiger partial charge is 0.456 e. The summed E-state index contributed by atoms with van der Waals surface area (Å²) >= 11 is 6.63. The van der Waals surface area contributed by atoms with Gasteiger partial charge in [-0.05, 0) is 96.2 Å². The van der Waals surface area contributed by atoms with Gasteiger partial charge in [0.05, 0.1) is 0 Å². The zero-order valence-corrected chi connectivity index (χ0v) is 29.7. The topological polar surface area (TPSA) is 49.9 Å². The Morgan fingerprint density at radius 2 is 1.02 bits per heavy atom. The Morgan fingerprint density at radius 1 is 0.444 bits per heavy atom. The van der Waals surface area contributed by atoms with Crippen LogP contribution in [0, 0.1) is 0 Å². The minimum Gasteiger partial charge on any atom is -0.456 e. The molecular formula is C49H30ClN3O. The molecule has 9 aromatic carbocycles. The van der Waals surface area contributed by atoms with E-state index in [0.717, 1.165) is 72.2 Å². The number of amidine groups is 2. The molecular weight excluding hydrogens is 682 g/mol. The first-order valence-corrected chi connectivity index (χ1v) is 18.5. The Balaban J connectivity index is 1.02. The number of furan rings is 1. The van der Waals surface area contributed by atoms with E-state index in [1.54, 1.807) is 0 Å². The van der Waals surface area contributed by atoms with Crippen molar-refractivity contribution in [2.75, 3.05) is 0 Å². The highest BCUT2D eigenvalue weighted by Crippen LogP contribution is 2.40. The van der Waals surface area contributed by atoms with Gasteiger partial charge < -0.3 is 9.73 Å². The number of nitrogens with zero attached hydrogens (tertiary/aromatic N) is 2. The summed E-state index contributed by atoms with van der Waals surface area (Å²) in [5.41, 5.74) is 6.82. The highest BCUT2D eigenvalue weighted by molar-refractivity contribution is 6.32. The lowest BCUT2D eigenvalue weighted by Crippen LogP contribution is -2.36. The molecule has 4 nitrogen and oxygen atoms in total. The normalized spacial score (nSPS) is 14.6. The monoisotopic (exact) mass is 711 g/mol. The summed E-state index contributed by atoms with van der Waals surface area (Å²) in [5.74, 6) is 1.59. The van der Waals surface area contributed by atoms with Gasteiger partial charge in [-0.3, -0.25) is 0 Å². The van der Waals surface area contributed by atoms with Crippen LogP contribution >= 0.6 is 11.6 Å². The highest BCUT2D eigenvalue weighted by Gasteiger charge is 2.22. The average Bonchev–Trinajstić information content (AvgIpc) is 3.60. The van der Waals surface area contributed by atoms with Crippen LogP contribution in [0.25, 0.3) is 76.2 Å². The van der Waals surface area contributed by atoms with Crippen LogP contribution in [0.4, 0.5) is 0 Å². The molecule has 0 aliphatic carbocycles. The van der Waals surface area contributed by atoms with E-state index < -0.39 is 6.17 Å². The standard InChI is InChI=1S/C49H30ClN3O/c50-39-27-43(46-42-11-5-6-12-44(42)54-45(46)28-39)35-18-15-33-25-37(20-16-32(33)23-35)48-51-47(36-19-13-29-7-1-2-9-31(29)24-36)52-49(53-48)38-21-22-41-34(26-38)17-14-30-8-3-4-10-40(30)41/h1-28,48H,(H,51,52,53). The molecule has 0 spiro atoms. The molecule has 0 saturated heterocycles. The minimum absolute atomic E-state index is 0.441. The molecule has 0 radical (unpaired) electrons. The highest BCUT2D eigenvalue weighted by atomic mass is 35.5. The Labute approximate surface area is 315 Å². The Hall–Kier alpha value is -6.75. The van der Waals surface area contributed by atoms with Crippen molar-refractivity contribution in [2.45, 2.75) is 6.17 Å². The summed E-state index contributed by atoms with van der Waals surface area (Å²) in [6.07, 6.45) is -0.441. The van der Waals surface area contributed by atoms with E-state index in [1.807, 2.05) is 30.3 Å². The van der Waals surface area contributed by atoms with E-state index in [2.05, 4.69) is 145 Å². The summed E-state index contributed by atoms with van der Waals surface area (Å²) < 4.78 is 6.19. The van der Waals surface area contributed by atoms with Gasteiger partial charge in [0.25, 0.3) is 0 Å². The first-order valence-electron chi connectivity index (χ1n) is 18.1. The van der Waals surface area contributed by atoms with Crippen molar-refractivity contribution in [3.05, 3.63) is 192 Å². The number of rotatable bonds is 4. The van der Waals surface area contributed by atoms with Gasteiger partial charge in [-0.1, -0.05) is 139 Å². The fourth-order valence-corrected chi connectivity index (χ4v) is 8.24. The van der Waals surface area contributed by atoms with Crippen LogP contribution in [0.3, 0.4) is 0 Å². The molecule has 0 saturated carbocycles. The van der Waals surface area contributed by atoms with Crippen molar-refractivity contribution >= 4 is 88.3 Å². The van der Waals surface area contributed by atoms with Crippen LogP contribution in [0.1, 0.15) is 22.9 Å². The van der Waals surface area contributed by atoms with Crippen molar-refractivity contribution in [1.29, 1.82) is 0 Å². The zero-order valence-electron chi connectivity index (χ0n) is 28.9. The molecule has 0 amide bonds. The molecule has 1 aliphatic heterocycles. The lowest BCUT2D eigenvalue weighted by Gasteiger charge is -2.23. The summed E-state index contributed by atoms with van der Waals surface area (Å²) in [6.45, 7) is 0. The van der Waals surface area contributed by atoms with Crippen molar-refractivity contribution in [2.24, 2.45) is 9.98 Å². The maximum atomic E-state index is 6.63. The third-order valence-electron chi connectivity index (χ3n) is 10.7. The van der Waals surface area contributed by atoms with E-state index in [0.29, 0.717) is 5.02 Å². The molecule has 1 unspecified atom stereocenters. The van der Waals surface area contributed by atoms with Gasteiger partial charge in [0.15, 0.2) is 6.17 Å². The van der Waals surface area contributed by atoms with Crippen molar-refractivity contribution in [1.82, 2.24) is 5.32 Å². The predicted octanol–water partition coefficient (Wildman–Crippen LogP) is 13.0. The summed E-state index contributed by atoms with van der Waals surface area (Å²) in [6, 6.07) is 59.6. The van der Waals surface area contributed by atoms with Gasteiger partial charge in [0.2, 0.25) is 0 Å². The van der Waals surface area contributed by atoms with E-state index >= 15 is 0 Å². The molecule has 1 aromatic heterocycles. The Bertz CT molecular complexity index is 3230. The van der Waals surface area contributed by atoms with Gasteiger partial charge in [-0.25, -0.2) is 9.98 Å². The molecule has 11 rings (SSSR count). The molecule has 1 aliphatic rings. The maximum Gasteiger partial charge on any atom is 0.169 e. The van der Waals surface area contributed by atoms with Crippen molar-refractivity contribution in [3.63, 3.8) is 0 Å². The molecule has 10 aromatic rings. The first kappa shape index (κ1) is 30.8. The fraction of sp³-hybridized carbons (Fsp3) is 0.0204. The second-order valence-corrected chi connectivity index (χ2v) is 14.4. The lowest BCUT2D eigenvalue weighted by molar-refractivity contribution is 0.669. The minimum atomic E-state index is -0.441. The quantitative estimate of drug-likeness (QED) is 0.185. The van der Waals surface area contributed by atoms with Gasteiger partial charge in [0, 0.05) is 33.0 Å². The van der Waals surface area contributed by atoms with Crippen LogP contribution in [-0.2, 0) is 0 Å². The number of fused-ring (bicyclic) bond motifs is 8. The lowest BCUT2D eigenvalue weighted by atomic mass is 9.96. The van der Waals surface area contributed by atoms with E-state index in [1.165, 1.54) is 32.3 Å². The van der Waals surface area contributed by atoms with Crippen LogP contribution in [-0.4, -0.2) is 11.7 Å². The molecule has 0 fully saturated rings. The second-order valence-electron chi connectivity index (χ2n) is 14.0. The first-order chi connectivity index (χ1) is 26.6. The Kier molecular flexibility index (Phi) is 6.94. The van der Waals surface area contributed by atoms with Gasteiger partial charge in [-0.2, -0.15) is 0 Å². The van der Waals surface area contributed by atoms with E-state index in [-0.39, 0.29) is 0 Å². The summed E-state index contributed by atoms with van der Waals surface area (Å²) in [7, 11) is 0. The fourth-order valence-electron chi connectivity index (χ4n) is 8.03. The van der Waals surface area contributed by atoms with Gasteiger partial charge in [-0.15, -0.1) is 0 Å². The molecule has 1 N–H and O–H groups in total. The molecule has 254 valence electrons. The smallest absolute Gasteiger partial charge is 0.169 e. The van der Waals surface area contributed by atoms with Crippen LogP contribution in [0.15, 0.2) is 184 Å². The third kappa shape index (κ3) is 5.14. The number of benzene rings is 9. The number of nitrogens with one attached hydrogen (secondary N) is 1. The van der Waals surface area contributed by atoms with Crippen LogP contribution < -0.4 is 5.32 Å². The number of para-hydroxylation sites is 1.